The zero-order chi connectivity index (χ0) is 15.7. The summed E-state index contributed by atoms with van der Waals surface area (Å²) in [5, 5.41) is 6.66. The molecule has 2 heterocycles. The quantitative estimate of drug-likeness (QED) is 0.711. The highest BCUT2D eigenvalue weighted by atomic mass is 16.2. The molecule has 1 saturated carbocycles. The summed E-state index contributed by atoms with van der Waals surface area (Å²) >= 11 is 0. The first kappa shape index (κ1) is 14.4. The van der Waals surface area contributed by atoms with Gasteiger partial charge in [0, 0.05) is 30.9 Å². The van der Waals surface area contributed by atoms with Gasteiger partial charge >= 0.3 is 0 Å². The Hall–Kier alpha value is -2.51. The first-order chi connectivity index (χ1) is 10.5. The van der Waals surface area contributed by atoms with Crippen LogP contribution in [0.2, 0.25) is 0 Å². The summed E-state index contributed by atoms with van der Waals surface area (Å²) in [6.45, 7) is 1.75. The second-order valence-corrected chi connectivity index (χ2v) is 5.69. The molecule has 3 N–H and O–H groups in total. The van der Waals surface area contributed by atoms with Crippen molar-refractivity contribution in [2.24, 2.45) is 5.10 Å². The van der Waals surface area contributed by atoms with E-state index in [1.54, 1.807) is 6.92 Å². The van der Waals surface area contributed by atoms with Gasteiger partial charge in [-0.25, -0.2) is 10.4 Å². The number of carbonyl (C=O) groups excluding carboxylic acids is 2. The molecule has 116 valence electrons. The molecule has 1 aromatic heterocycles. The molecule has 0 spiro atoms. The SMILES string of the molecule is Cc1nc(C2CC(NC(=O)C3=NNC(=O)CC3)C2)cc(=O)[nH]1. The van der Waals surface area contributed by atoms with Gasteiger partial charge in [0.1, 0.15) is 11.5 Å². The summed E-state index contributed by atoms with van der Waals surface area (Å²) in [5.74, 6) is 0.385. The number of hydrogen-bond donors (Lipinski definition) is 3. The van der Waals surface area contributed by atoms with Crippen LogP contribution in [0.15, 0.2) is 16.0 Å². The Morgan fingerprint density at radius 2 is 2.09 bits per heavy atom. The van der Waals surface area contributed by atoms with Crippen LogP contribution in [0.25, 0.3) is 0 Å². The first-order valence-corrected chi connectivity index (χ1v) is 7.25. The van der Waals surface area contributed by atoms with Crippen LogP contribution in [-0.4, -0.2) is 33.5 Å². The molecule has 0 bridgehead atoms. The highest BCUT2D eigenvalue weighted by Crippen LogP contribution is 2.35. The van der Waals surface area contributed by atoms with Crippen molar-refractivity contribution in [1.29, 1.82) is 0 Å². The molecule has 8 heteroatoms. The van der Waals surface area contributed by atoms with Gasteiger partial charge in [0.2, 0.25) is 5.91 Å². The van der Waals surface area contributed by atoms with Gasteiger partial charge in [0.05, 0.1) is 5.69 Å². The third-order valence-electron chi connectivity index (χ3n) is 3.94. The maximum absolute atomic E-state index is 12.0. The van der Waals surface area contributed by atoms with Gasteiger partial charge in [0.15, 0.2) is 0 Å². The van der Waals surface area contributed by atoms with Crippen LogP contribution in [0, 0.1) is 6.92 Å². The lowest BCUT2D eigenvalue weighted by Crippen LogP contribution is -2.47. The molecule has 2 aliphatic rings. The zero-order valence-corrected chi connectivity index (χ0v) is 12.2. The predicted octanol–water partition coefficient (Wildman–Crippen LogP) is -0.293. The van der Waals surface area contributed by atoms with E-state index in [1.807, 2.05) is 0 Å². The average molecular weight is 303 g/mol. The van der Waals surface area contributed by atoms with Crippen LogP contribution in [0.5, 0.6) is 0 Å². The first-order valence-electron chi connectivity index (χ1n) is 7.25. The van der Waals surface area contributed by atoms with E-state index in [0.717, 1.165) is 18.5 Å². The Morgan fingerprint density at radius 1 is 1.32 bits per heavy atom. The van der Waals surface area contributed by atoms with E-state index in [1.165, 1.54) is 6.07 Å². The summed E-state index contributed by atoms with van der Waals surface area (Å²) in [6.07, 6.45) is 2.15. The number of hydrazone groups is 1. The Balaban J connectivity index is 1.54. The Kier molecular flexibility index (Phi) is 3.74. The lowest BCUT2D eigenvalue weighted by Gasteiger charge is -2.35. The molecule has 3 rings (SSSR count). The van der Waals surface area contributed by atoms with Gasteiger partial charge in [-0.2, -0.15) is 5.10 Å². The van der Waals surface area contributed by atoms with Crippen molar-refractivity contribution in [2.75, 3.05) is 0 Å². The molecule has 1 aliphatic carbocycles. The fourth-order valence-corrected chi connectivity index (χ4v) is 2.70. The van der Waals surface area contributed by atoms with Crippen molar-refractivity contribution in [1.82, 2.24) is 20.7 Å². The molecule has 2 amide bonds. The number of hydrogen-bond acceptors (Lipinski definition) is 5. The lowest BCUT2D eigenvalue weighted by molar-refractivity contribution is -0.121. The number of H-pyrrole nitrogens is 1. The number of nitrogens with one attached hydrogen (secondary N) is 3. The lowest BCUT2D eigenvalue weighted by atomic mass is 9.78. The fraction of sp³-hybridized carbons (Fsp3) is 0.500. The number of amides is 2. The van der Waals surface area contributed by atoms with Gasteiger partial charge in [-0.05, 0) is 19.8 Å². The average Bonchev–Trinajstić information content (AvgIpc) is 2.41. The van der Waals surface area contributed by atoms with Gasteiger partial charge in [-0.15, -0.1) is 0 Å². The second kappa shape index (κ2) is 5.70. The van der Waals surface area contributed by atoms with E-state index in [0.29, 0.717) is 18.0 Å². The van der Waals surface area contributed by atoms with E-state index in [4.69, 9.17) is 0 Å². The Labute approximate surface area is 126 Å². The Bertz CT molecular complexity index is 703. The topological polar surface area (TPSA) is 116 Å². The number of aromatic amines is 1. The zero-order valence-electron chi connectivity index (χ0n) is 12.2. The monoisotopic (exact) mass is 303 g/mol. The van der Waals surface area contributed by atoms with Gasteiger partial charge in [-0.1, -0.05) is 0 Å². The van der Waals surface area contributed by atoms with Crippen LogP contribution in [0.3, 0.4) is 0 Å². The maximum Gasteiger partial charge on any atom is 0.267 e. The van der Waals surface area contributed by atoms with Crippen molar-refractivity contribution < 1.29 is 9.59 Å². The van der Waals surface area contributed by atoms with Crippen molar-refractivity contribution >= 4 is 17.5 Å². The summed E-state index contributed by atoms with van der Waals surface area (Å²) in [6, 6.07) is 1.57. The van der Waals surface area contributed by atoms with Crippen molar-refractivity contribution in [3.05, 3.63) is 27.9 Å². The highest BCUT2D eigenvalue weighted by Gasteiger charge is 2.33. The van der Waals surface area contributed by atoms with Crippen molar-refractivity contribution in [2.45, 2.75) is 44.6 Å². The van der Waals surface area contributed by atoms with Crippen LogP contribution in [0.4, 0.5) is 0 Å². The van der Waals surface area contributed by atoms with Crippen LogP contribution < -0.4 is 16.3 Å². The molecule has 1 fully saturated rings. The summed E-state index contributed by atoms with van der Waals surface area (Å²) < 4.78 is 0. The summed E-state index contributed by atoms with van der Waals surface area (Å²) in [5.41, 5.74) is 3.29. The molecule has 22 heavy (non-hydrogen) atoms. The highest BCUT2D eigenvalue weighted by molar-refractivity contribution is 6.39. The standard InChI is InChI=1S/C14H17N5O3/c1-7-15-11(6-13(21)16-7)8-4-9(5-8)17-14(22)10-2-3-12(20)19-18-10/h6,8-9H,2-5H2,1H3,(H,17,22)(H,19,20)(H,15,16,21). The van der Waals surface area contributed by atoms with Crippen molar-refractivity contribution in [3.8, 4) is 0 Å². The van der Waals surface area contributed by atoms with Crippen molar-refractivity contribution in [3.63, 3.8) is 0 Å². The number of carbonyl (C=O) groups is 2. The summed E-state index contributed by atoms with van der Waals surface area (Å²) in [4.78, 5) is 41.4. The fourth-order valence-electron chi connectivity index (χ4n) is 2.70. The minimum Gasteiger partial charge on any atom is -0.348 e. The third-order valence-corrected chi connectivity index (χ3v) is 3.94. The minimum atomic E-state index is -0.238. The number of aromatic nitrogens is 2. The molecule has 0 saturated heterocycles. The minimum absolute atomic E-state index is 0.0548. The van der Waals surface area contributed by atoms with E-state index in [2.05, 4.69) is 25.8 Å². The predicted molar refractivity (Wildman–Crippen MR) is 78.3 cm³/mol. The van der Waals surface area contributed by atoms with Gasteiger partial charge in [-0.3, -0.25) is 14.4 Å². The normalized spacial score (nSPS) is 24.0. The number of rotatable bonds is 3. The Morgan fingerprint density at radius 3 is 2.73 bits per heavy atom. The van der Waals surface area contributed by atoms with Gasteiger partial charge < -0.3 is 10.3 Å². The maximum atomic E-state index is 12.0. The third kappa shape index (κ3) is 3.05. The van der Waals surface area contributed by atoms with E-state index in [-0.39, 0.29) is 35.8 Å². The molecule has 1 aromatic rings. The smallest absolute Gasteiger partial charge is 0.267 e. The molecule has 0 atom stereocenters. The molecule has 1 aliphatic heterocycles. The molecular weight excluding hydrogens is 286 g/mol. The van der Waals surface area contributed by atoms with E-state index >= 15 is 0 Å². The molecule has 0 aromatic carbocycles. The number of aryl methyl sites for hydroxylation is 1. The largest absolute Gasteiger partial charge is 0.348 e. The van der Waals surface area contributed by atoms with E-state index < -0.39 is 0 Å². The molecule has 0 unspecified atom stereocenters. The molecule has 8 nitrogen and oxygen atoms in total. The van der Waals surface area contributed by atoms with Crippen LogP contribution >= 0.6 is 0 Å². The van der Waals surface area contributed by atoms with Crippen LogP contribution in [-0.2, 0) is 9.59 Å². The number of nitrogens with zero attached hydrogens (tertiary/aromatic N) is 2. The van der Waals surface area contributed by atoms with Gasteiger partial charge in [0.25, 0.3) is 11.5 Å². The second-order valence-electron chi connectivity index (χ2n) is 5.69. The molecular formula is C14H17N5O3. The molecule has 0 radical (unpaired) electrons. The summed E-state index contributed by atoms with van der Waals surface area (Å²) in [7, 11) is 0. The van der Waals surface area contributed by atoms with Crippen LogP contribution in [0.1, 0.15) is 43.1 Å². The van der Waals surface area contributed by atoms with E-state index in [9.17, 15) is 14.4 Å².